The molecule has 130 valence electrons. The Morgan fingerprint density at radius 2 is 2.00 bits per heavy atom. The summed E-state index contributed by atoms with van der Waals surface area (Å²) in [7, 11) is -2.48. The molecule has 7 nitrogen and oxygen atoms in total. The second kappa shape index (κ2) is 9.12. The smallest absolute Gasteiger partial charge is 0.425 e. The highest BCUT2D eigenvalue weighted by atomic mass is 32.2. The summed E-state index contributed by atoms with van der Waals surface area (Å²) in [6, 6.07) is -0.366. The van der Waals surface area contributed by atoms with E-state index in [1.54, 1.807) is 33.8 Å². The number of ether oxygens (including phenoxy) is 2. The lowest BCUT2D eigenvalue weighted by Crippen LogP contribution is -2.49. The number of amides is 1. The van der Waals surface area contributed by atoms with Crippen LogP contribution in [0.25, 0.3) is 0 Å². The molecule has 1 N–H and O–H groups in total. The summed E-state index contributed by atoms with van der Waals surface area (Å²) >= 11 is 0. The van der Waals surface area contributed by atoms with Gasteiger partial charge in [0.2, 0.25) is 0 Å². The molecule has 0 saturated carbocycles. The van der Waals surface area contributed by atoms with Gasteiger partial charge in [-0.15, -0.1) is 6.58 Å². The highest BCUT2D eigenvalue weighted by molar-refractivity contribution is 7.87. The summed E-state index contributed by atoms with van der Waals surface area (Å²) in [5.41, 5.74) is -0.779. The first-order valence-electron chi connectivity index (χ1n) is 7.16. The van der Waals surface area contributed by atoms with Crippen LogP contribution < -0.4 is 4.72 Å². The van der Waals surface area contributed by atoms with Crippen molar-refractivity contribution in [3.63, 3.8) is 0 Å². The fourth-order valence-electron chi connectivity index (χ4n) is 1.59. The van der Waals surface area contributed by atoms with E-state index in [9.17, 15) is 13.2 Å². The maximum absolute atomic E-state index is 12.4. The van der Waals surface area contributed by atoms with Crippen LogP contribution in [0.4, 0.5) is 4.79 Å². The highest BCUT2D eigenvalue weighted by Gasteiger charge is 2.32. The van der Waals surface area contributed by atoms with Crippen LogP contribution in [0.1, 0.15) is 40.5 Å². The molecule has 0 aliphatic rings. The molecule has 8 heteroatoms. The Bertz CT molecular complexity index is 456. The van der Waals surface area contributed by atoms with Crippen LogP contribution in [-0.2, 0) is 19.7 Å². The van der Waals surface area contributed by atoms with Crippen LogP contribution in [0.2, 0.25) is 0 Å². The summed E-state index contributed by atoms with van der Waals surface area (Å²) in [6.45, 7) is 10.6. The number of methoxy groups -OCH3 is 1. The van der Waals surface area contributed by atoms with Crippen LogP contribution in [-0.4, -0.2) is 50.7 Å². The number of nitrogens with zero attached hydrogens (tertiary/aromatic N) is 1. The van der Waals surface area contributed by atoms with Crippen molar-refractivity contribution in [1.82, 2.24) is 9.03 Å². The van der Waals surface area contributed by atoms with Gasteiger partial charge in [-0.1, -0.05) is 6.08 Å². The highest BCUT2D eigenvalue weighted by Crippen LogP contribution is 2.13. The molecule has 0 radical (unpaired) electrons. The number of nitrogens with one attached hydrogen (secondary N) is 1. The van der Waals surface area contributed by atoms with Crippen LogP contribution in [0, 0.1) is 0 Å². The van der Waals surface area contributed by atoms with Gasteiger partial charge in [-0.05, 0) is 40.5 Å². The van der Waals surface area contributed by atoms with Crippen molar-refractivity contribution in [3.05, 3.63) is 12.7 Å². The van der Waals surface area contributed by atoms with Crippen molar-refractivity contribution >= 4 is 16.3 Å². The maximum Gasteiger partial charge on any atom is 0.425 e. The minimum atomic E-state index is -3.99. The van der Waals surface area contributed by atoms with Gasteiger partial charge < -0.3 is 9.47 Å². The molecule has 0 aromatic carbocycles. The van der Waals surface area contributed by atoms with Gasteiger partial charge in [0.05, 0.1) is 0 Å². The first-order chi connectivity index (χ1) is 10.0. The van der Waals surface area contributed by atoms with Gasteiger partial charge in [0.15, 0.2) is 0 Å². The molecule has 0 heterocycles. The van der Waals surface area contributed by atoms with E-state index in [0.717, 1.165) is 0 Å². The molecule has 0 aromatic heterocycles. The molecular formula is C14H28N2O5S. The Morgan fingerprint density at radius 1 is 1.41 bits per heavy atom. The van der Waals surface area contributed by atoms with E-state index in [1.807, 2.05) is 0 Å². The van der Waals surface area contributed by atoms with Crippen LogP contribution in [0.3, 0.4) is 0 Å². The third-order valence-electron chi connectivity index (χ3n) is 2.47. The fourth-order valence-corrected chi connectivity index (χ4v) is 2.93. The molecule has 0 aliphatic carbocycles. The maximum atomic E-state index is 12.4. The van der Waals surface area contributed by atoms with E-state index in [2.05, 4.69) is 11.3 Å². The average molecular weight is 336 g/mol. The summed E-state index contributed by atoms with van der Waals surface area (Å²) in [5, 5.41) is 0. The number of carbonyl (C=O) groups excluding carboxylic acids is 1. The molecular weight excluding hydrogens is 308 g/mol. The monoisotopic (exact) mass is 336 g/mol. The lowest BCUT2D eigenvalue weighted by atomic mass is 10.2. The first-order valence-corrected chi connectivity index (χ1v) is 8.60. The summed E-state index contributed by atoms with van der Waals surface area (Å²) in [4.78, 5) is 12.2. The second-order valence-corrected chi connectivity index (χ2v) is 7.57. The largest absolute Gasteiger partial charge is 0.443 e. The fraction of sp³-hybridized carbons (Fsp3) is 0.786. The quantitative estimate of drug-likeness (QED) is 0.514. The number of carbonyl (C=O) groups is 1. The molecule has 0 aromatic rings. The van der Waals surface area contributed by atoms with Gasteiger partial charge in [-0.25, -0.2) is 4.79 Å². The third-order valence-corrected chi connectivity index (χ3v) is 4.08. The summed E-state index contributed by atoms with van der Waals surface area (Å²) < 4.78 is 38.0. The van der Waals surface area contributed by atoms with Gasteiger partial charge in [0, 0.05) is 26.3 Å². The minimum Gasteiger partial charge on any atom is -0.443 e. The number of hydrogen-bond acceptors (Lipinski definition) is 5. The standard InChI is InChI=1S/C14H28N2O5S/c1-7-9-12(2)15-22(18,19)16(10-8-11-20-6)13(17)21-14(3,4)5/h7,12,15H,1,8-11H2,2-6H3/t12-/m0/s1. The molecule has 0 bridgehead atoms. The molecule has 0 aliphatic heterocycles. The molecule has 0 unspecified atom stereocenters. The van der Waals surface area contributed by atoms with Crippen molar-refractivity contribution in [2.45, 2.75) is 52.2 Å². The molecule has 1 amide bonds. The van der Waals surface area contributed by atoms with Crippen molar-refractivity contribution in [1.29, 1.82) is 0 Å². The van der Waals surface area contributed by atoms with Crippen LogP contribution in [0.15, 0.2) is 12.7 Å². The molecule has 0 saturated heterocycles. The number of hydrogen-bond donors (Lipinski definition) is 1. The van der Waals surface area contributed by atoms with E-state index < -0.39 is 21.9 Å². The normalized spacial score (nSPS) is 13.5. The van der Waals surface area contributed by atoms with Crippen molar-refractivity contribution < 1.29 is 22.7 Å². The van der Waals surface area contributed by atoms with Gasteiger partial charge in [-0.3, -0.25) is 0 Å². The molecule has 0 spiro atoms. The third kappa shape index (κ3) is 8.35. The van der Waals surface area contributed by atoms with Crippen molar-refractivity contribution in [3.8, 4) is 0 Å². The Morgan fingerprint density at radius 3 is 2.45 bits per heavy atom. The predicted molar refractivity (Wildman–Crippen MR) is 85.8 cm³/mol. The molecule has 22 heavy (non-hydrogen) atoms. The van der Waals surface area contributed by atoms with Crippen LogP contribution in [0.5, 0.6) is 0 Å². The van der Waals surface area contributed by atoms with Gasteiger partial charge in [0.25, 0.3) is 0 Å². The second-order valence-electron chi connectivity index (χ2n) is 5.95. The average Bonchev–Trinajstić information content (AvgIpc) is 2.31. The zero-order valence-corrected chi connectivity index (χ0v) is 14.9. The zero-order chi connectivity index (χ0) is 17.4. The first kappa shape index (κ1) is 20.9. The lowest BCUT2D eigenvalue weighted by molar-refractivity contribution is 0.0379. The number of rotatable bonds is 9. The lowest BCUT2D eigenvalue weighted by Gasteiger charge is -2.28. The van der Waals surface area contributed by atoms with Gasteiger partial charge in [0.1, 0.15) is 5.60 Å². The SMILES string of the molecule is C=CC[C@H](C)NS(=O)(=O)N(CCCOC)C(=O)OC(C)(C)C. The zero-order valence-electron chi connectivity index (χ0n) is 14.1. The Hall–Kier alpha value is -1.12. The molecule has 0 fully saturated rings. The molecule has 1 atom stereocenters. The van der Waals surface area contributed by atoms with Gasteiger partial charge in [-0.2, -0.15) is 17.4 Å². The molecule has 0 rings (SSSR count). The van der Waals surface area contributed by atoms with Crippen LogP contribution >= 0.6 is 0 Å². The summed E-state index contributed by atoms with van der Waals surface area (Å²) in [5.74, 6) is 0. The minimum absolute atomic E-state index is 0.0150. The van der Waals surface area contributed by atoms with E-state index in [1.165, 1.54) is 7.11 Å². The van der Waals surface area contributed by atoms with E-state index in [-0.39, 0.29) is 12.6 Å². The topological polar surface area (TPSA) is 84.9 Å². The Kier molecular flexibility index (Phi) is 8.65. The Labute approximate surface area is 133 Å². The predicted octanol–water partition coefficient (Wildman–Crippen LogP) is 2.06. The summed E-state index contributed by atoms with van der Waals surface area (Å²) in [6.07, 6.45) is 1.55. The Balaban J connectivity index is 5.11. The van der Waals surface area contributed by atoms with E-state index in [0.29, 0.717) is 23.8 Å². The van der Waals surface area contributed by atoms with Gasteiger partial charge >= 0.3 is 16.3 Å². The van der Waals surface area contributed by atoms with Crippen molar-refractivity contribution in [2.24, 2.45) is 0 Å². The van der Waals surface area contributed by atoms with E-state index >= 15 is 0 Å². The van der Waals surface area contributed by atoms with E-state index in [4.69, 9.17) is 9.47 Å². The van der Waals surface area contributed by atoms with Crippen molar-refractivity contribution in [2.75, 3.05) is 20.3 Å².